The molecule has 4 nitrogen and oxygen atoms in total. The van der Waals surface area contributed by atoms with Gasteiger partial charge >= 0.3 is 0 Å². The van der Waals surface area contributed by atoms with E-state index in [1.807, 2.05) is 13.1 Å². The Morgan fingerprint density at radius 1 is 1.22 bits per heavy atom. The predicted octanol–water partition coefficient (Wildman–Crippen LogP) is 6.49. The lowest BCUT2D eigenvalue weighted by Crippen LogP contribution is -2.20. The molecule has 3 rings (SSSR count). The van der Waals surface area contributed by atoms with Gasteiger partial charge in [-0.25, -0.2) is 0 Å². The van der Waals surface area contributed by atoms with Gasteiger partial charge in [-0.1, -0.05) is 24.6 Å². The molecule has 0 spiro atoms. The van der Waals surface area contributed by atoms with Crippen LogP contribution in [0.2, 0.25) is 5.02 Å². The van der Waals surface area contributed by atoms with E-state index in [1.165, 1.54) is 37.3 Å². The fourth-order valence-electron chi connectivity index (χ4n) is 4.38. The van der Waals surface area contributed by atoms with Crippen LogP contribution in [-0.4, -0.2) is 9.91 Å². The quantitative estimate of drug-likeness (QED) is 0.420. The molecular weight excluding hydrogens is 360 g/mol. The van der Waals surface area contributed by atoms with Crippen LogP contribution in [0.4, 0.5) is 5.69 Å². The normalized spacial score (nSPS) is 21.0. The number of hydrogen-bond acceptors (Lipinski definition) is 3. The zero-order valence-electron chi connectivity index (χ0n) is 16.0. The van der Waals surface area contributed by atoms with Gasteiger partial charge < -0.3 is 0 Å². The van der Waals surface area contributed by atoms with Crippen molar-refractivity contribution in [1.82, 2.24) is 4.98 Å². The Morgan fingerprint density at radius 3 is 2.63 bits per heavy atom. The van der Waals surface area contributed by atoms with Crippen LogP contribution >= 0.6 is 11.6 Å². The summed E-state index contributed by atoms with van der Waals surface area (Å²) < 4.78 is 0. The Hall–Kier alpha value is -1.94. The minimum absolute atomic E-state index is 0.145. The zero-order chi connectivity index (χ0) is 19.4. The second-order valence-corrected chi connectivity index (χ2v) is 8.32. The van der Waals surface area contributed by atoms with Crippen LogP contribution in [0.5, 0.6) is 0 Å². The lowest BCUT2D eigenvalue weighted by atomic mass is 9.73. The molecule has 5 heteroatoms. The summed E-state index contributed by atoms with van der Waals surface area (Å²) in [5.74, 6) is 1.92. The summed E-state index contributed by atoms with van der Waals surface area (Å²) in [5.41, 5.74) is 3.45. The van der Waals surface area contributed by atoms with Crippen LogP contribution in [0, 0.1) is 28.9 Å². The molecule has 1 aromatic heterocycles. The Labute approximate surface area is 166 Å². The molecule has 0 amide bonds. The number of aromatic nitrogens is 1. The summed E-state index contributed by atoms with van der Waals surface area (Å²) in [6, 6.07) is 9.38. The minimum atomic E-state index is -0.326. The Balaban J connectivity index is 1.54. The summed E-state index contributed by atoms with van der Waals surface area (Å²) in [5, 5.41) is 11.7. The monoisotopic (exact) mass is 386 g/mol. The molecule has 144 valence electrons. The van der Waals surface area contributed by atoms with Crippen molar-refractivity contribution >= 4 is 17.3 Å². The maximum absolute atomic E-state index is 11.3. The van der Waals surface area contributed by atoms with Gasteiger partial charge in [0.05, 0.1) is 4.92 Å². The minimum Gasteiger partial charge on any atom is -0.262 e. The molecule has 0 saturated heterocycles. The van der Waals surface area contributed by atoms with Crippen molar-refractivity contribution in [3.05, 3.63) is 68.5 Å². The van der Waals surface area contributed by atoms with Crippen LogP contribution < -0.4 is 0 Å². The molecule has 1 fully saturated rings. The summed E-state index contributed by atoms with van der Waals surface area (Å²) in [6.45, 7) is 4.34. The first-order chi connectivity index (χ1) is 12.9. The maximum Gasteiger partial charge on any atom is 0.274 e. The first-order valence-electron chi connectivity index (χ1n) is 9.79. The van der Waals surface area contributed by atoms with Crippen LogP contribution in [-0.2, 0) is 6.42 Å². The molecule has 0 aliphatic heterocycles. The van der Waals surface area contributed by atoms with E-state index in [0.29, 0.717) is 22.8 Å². The van der Waals surface area contributed by atoms with Gasteiger partial charge in [-0.3, -0.25) is 15.1 Å². The van der Waals surface area contributed by atoms with E-state index in [0.717, 1.165) is 24.1 Å². The highest BCUT2D eigenvalue weighted by Crippen LogP contribution is 2.40. The van der Waals surface area contributed by atoms with E-state index in [-0.39, 0.29) is 10.6 Å². The molecule has 0 N–H and O–H groups in total. The van der Waals surface area contributed by atoms with E-state index in [4.69, 9.17) is 11.6 Å². The van der Waals surface area contributed by atoms with Gasteiger partial charge in [0.15, 0.2) is 0 Å². The maximum atomic E-state index is 11.3. The van der Waals surface area contributed by atoms with Gasteiger partial charge in [-0.15, -0.1) is 0 Å². The number of hydrogen-bond donors (Lipinski definition) is 0. The number of nitro benzene ring substituents is 1. The van der Waals surface area contributed by atoms with Crippen LogP contribution in [0.15, 0.2) is 36.5 Å². The van der Waals surface area contributed by atoms with Gasteiger partial charge in [0.1, 0.15) is 0 Å². The topological polar surface area (TPSA) is 56.0 Å². The fraction of sp³-hybridized carbons (Fsp3) is 0.500. The van der Waals surface area contributed by atoms with Crippen molar-refractivity contribution in [3.63, 3.8) is 0 Å². The average Bonchev–Trinajstić information content (AvgIpc) is 2.66. The largest absolute Gasteiger partial charge is 0.274 e. The van der Waals surface area contributed by atoms with E-state index >= 15 is 0 Å². The molecule has 27 heavy (non-hydrogen) atoms. The molecule has 1 aliphatic carbocycles. The van der Waals surface area contributed by atoms with Crippen molar-refractivity contribution < 1.29 is 4.92 Å². The van der Waals surface area contributed by atoms with Crippen LogP contribution in [0.1, 0.15) is 61.8 Å². The smallest absolute Gasteiger partial charge is 0.262 e. The van der Waals surface area contributed by atoms with Gasteiger partial charge in [0.2, 0.25) is 0 Å². The van der Waals surface area contributed by atoms with Crippen molar-refractivity contribution in [3.8, 4) is 0 Å². The third kappa shape index (κ3) is 5.07. The highest BCUT2D eigenvalue weighted by molar-refractivity contribution is 6.30. The predicted molar refractivity (Wildman–Crippen MR) is 109 cm³/mol. The lowest BCUT2D eigenvalue weighted by molar-refractivity contribution is -0.385. The second kappa shape index (κ2) is 8.83. The molecule has 2 aromatic rings. The van der Waals surface area contributed by atoms with Crippen LogP contribution in [0.3, 0.4) is 0 Å². The van der Waals surface area contributed by atoms with Crippen molar-refractivity contribution in [2.75, 3.05) is 0 Å². The number of halogens is 1. The van der Waals surface area contributed by atoms with Gasteiger partial charge in [-0.2, -0.15) is 0 Å². The van der Waals surface area contributed by atoms with Crippen molar-refractivity contribution in [2.45, 2.75) is 58.3 Å². The fourth-order valence-corrected chi connectivity index (χ4v) is 4.55. The van der Waals surface area contributed by atoms with Gasteiger partial charge in [0, 0.05) is 28.5 Å². The number of nitrogens with zero attached hydrogens (tertiary/aromatic N) is 2. The molecule has 0 radical (unpaired) electrons. The Morgan fingerprint density at radius 2 is 1.96 bits per heavy atom. The zero-order valence-corrected chi connectivity index (χ0v) is 16.8. The SMILES string of the molecule is Cc1cc(C2CCC([C@@H](C)CCc3ccc(Cl)cc3[N+](=O)[O-])CC2)ccn1. The highest BCUT2D eigenvalue weighted by atomic mass is 35.5. The Kier molecular flexibility index (Phi) is 6.48. The second-order valence-electron chi connectivity index (χ2n) is 7.89. The summed E-state index contributed by atoms with van der Waals surface area (Å²) in [4.78, 5) is 15.2. The van der Waals surface area contributed by atoms with E-state index in [1.54, 1.807) is 12.1 Å². The first-order valence-corrected chi connectivity index (χ1v) is 10.2. The van der Waals surface area contributed by atoms with Crippen molar-refractivity contribution in [2.24, 2.45) is 11.8 Å². The van der Waals surface area contributed by atoms with Gasteiger partial charge in [0.25, 0.3) is 5.69 Å². The number of pyridine rings is 1. The molecule has 1 aliphatic rings. The molecule has 0 bridgehead atoms. The van der Waals surface area contributed by atoms with Crippen LogP contribution in [0.25, 0.3) is 0 Å². The van der Waals surface area contributed by atoms with Crippen molar-refractivity contribution in [1.29, 1.82) is 0 Å². The Bertz CT molecular complexity index is 801. The van der Waals surface area contributed by atoms with Gasteiger partial charge in [-0.05, 0) is 87.0 Å². The average molecular weight is 387 g/mol. The molecule has 1 saturated carbocycles. The molecule has 1 aromatic carbocycles. The summed E-state index contributed by atoms with van der Waals surface area (Å²) in [7, 11) is 0. The number of aryl methyl sites for hydroxylation is 2. The standard InChI is InChI=1S/C22H27ClN2O2/c1-15(3-4-19-9-10-21(23)14-22(19)25(26)27)17-5-7-18(8-6-17)20-11-12-24-16(2)13-20/h9-15,17-18H,3-8H2,1-2H3/t15-,17?,18?/m0/s1. The number of nitro groups is 1. The molecule has 0 unspecified atom stereocenters. The molecular formula is C22H27ClN2O2. The van der Waals surface area contributed by atoms with E-state index in [2.05, 4.69) is 24.0 Å². The molecule has 1 atom stereocenters. The first kappa shape index (κ1) is 19.8. The number of benzene rings is 1. The van der Waals surface area contributed by atoms with E-state index < -0.39 is 0 Å². The molecule has 1 heterocycles. The summed E-state index contributed by atoms with van der Waals surface area (Å²) >= 11 is 5.91. The third-order valence-electron chi connectivity index (χ3n) is 6.08. The highest BCUT2D eigenvalue weighted by Gasteiger charge is 2.26. The van der Waals surface area contributed by atoms with E-state index in [9.17, 15) is 10.1 Å². The third-order valence-corrected chi connectivity index (χ3v) is 6.32. The number of rotatable bonds is 6. The lowest BCUT2D eigenvalue weighted by Gasteiger charge is -2.32. The summed E-state index contributed by atoms with van der Waals surface area (Å²) in [6.07, 6.45) is 8.54.